The second-order valence-corrected chi connectivity index (χ2v) is 4.20. The lowest BCUT2D eigenvalue weighted by atomic mass is 9.77. The molecule has 0 radical (unpaired) electrons. The second-order valence-electron chi connectivity index (χ2n) is 4.20. The van der Waals surface area contributed by atoms with Crippen LogP contribution in [-0.4, -0.2) is 6.29 Å². The molecule has 1 aliphatic carbocycles. The quantitative estimate of drug-likeness (QED) is 0.481. The minimum Gasteiger partial charge on any atom is -0.303 e. The standard InChI is InChI=1S/C12H20O/c1-3-4-11-5-7-12(8-6-11)10(2)9-13/h3-4,9-12H,5-8H2,1-2H3/b4-3+. The number of carbonyl (C=O) groups excluding carboxylic acids is 1. The molecule has 1 unspecified atom stereocenters. The van der Waals surface area contributed by atoms with Crippen LogP contribution in [0, 0.1) is 17.8 Å². The topological polar surface area (TPSA) is 17.1 Å². The summed E-state index contributed by atoms with van der Waals surface area (Å²) in [6.07, 6.45) is 10.6. The molecule has 0 bridgehead atoms. The average Bonchev–Trinajstić information content (AvgIpc) is 2.18. The van der Waals surface area contributed by atoms with Gasteiger partial charge < -0.3 is 4.79 Å². The summed E-state index contributed by atoms with van der Waals surface area (Å²) in [5, 5.41) is 0. The van der Waals surface area contributed by atoms with Crippen LogP contribution in [0.3, 0.4) is 0 Å². The lowest BCUT2D eigenvalue weighted by Crippen LogP contribution is -2.19. The first-order valence-electron chi connectivity index (χ1n) is 5.36. The summed E-state index contributed by atoms with van der Waals surface area (Å²) in [4.78, 5) is 10.6. The predicted octanol–water partition coefficient (Wildman–Crippen LogP) is 3.20. The normalized spacial score (nSPS) is 31.8. The Morgan fingerprint density at radius 1 is 1.23 bits per heavy atom. The highest BCUT2D eigenvalue weighted by Crippen LogP contribution is 2.33. The van der Waals surface area contributed by atoms with E-state index >= 15 is 0 Å². The Bertz CT molecular complexity index is 176. The van der Waals surface area contributed by atoms with Crippen LogP contribution in [-0.2, 0) is 4.79 Å². The van der Waals surface area contributed by atoms with Gasteiger partial charge in [0.05, 0.1) is 0 Å². The van der Waals surface area contributed by atoms with E-state index in [0.29, 0.717) is 5.92 Å². The van der Waals surface area contributed by atoms with E-state index in [1.54, 1.807) is 0 Å². The number of allylic oxidation sites excluding steroid dienone is 2. The van der Waals surface area contributed by atoms with E-state index in [9.17, 15) is 4.79 Å². The highest BCUT2D eigenvalue weighted by molar-refractivity contribution is 5.53. The van der Waals surface area contributed by atoms with Crippen molar-refractivity contribution >= 4 is 6.29 Å². The molecule has 0 aromatic carbocycles. The van der Waals surface area contributed by atoms with Crippen LogP contribution in [0.15, 0.2) is 12.2 Å². The van der Waals surface area contributed by atoms with Crippen LogP contribution in [0.4, 0.5) is 0 Å². The first kappa shape index (κ1) is 10.5. The Morgan fingerprint density at radius 2 is 1.85 bits per heavy atom. The molecule has 0 aromatic rings. The predicted molar refractivity (Wildman–Crippen MR) is 55.5 cm³/mol. The highest BCUT2D eigenvalue weighted by Gasteiger charge is 2.23. The van der Waals surface area contributed by atoms with Gasteiger partial charge in [0.1, 0.15) is 6.29 Å². The van der Waals surface area contributed by atoms with Gasteiger partial charge in [-0.2, -0.15) is 0 Å². The molecule has 0 heterocycles. The summed E-state index contributed by atoms with van der Waals surface area (Å²) in [6, 6.07) is 0. The molecular formula is C12H20O. The maximum atomic E-state index is 10.6. The fraction of sp³-hybridized carbons (Fsp3) is 0.750. The monoisotopic (exact) mass is 180 g/mol. The van der Waals surface area contributed by atoms with Crippen molar-refractivity contribution in [2.75, 3.05) is 0 Å². The molecule has 1 fully saturated rings. The van der Waals surface area contributed by atoms with Gasteiger partial charge in [0, 0.05) is 5.92 Å². The minimum atomic E-state index is 0.270. The van der Waals surface area contributed by atoms with Gasteiger partial charge >= 0.3 is 0 Å². The van der Waals surface area contributed by atoms with Gasteiger partial charge in [-0.1, -0.05) is 19.1 Å². The first-order valence-corrected chi connectivity index (χ1v) is 5.36. The Hall–Kier alpha value is -0.590. The summed E-state index contributed by atoms with van der Waals surface area (Å²) in [6.45, 7) is 4.13. The number of carbonyl (C=O) groups is 1. The van der Waals surface area contributed by atoms with E-state index in [1.807, 2.05) is 6.92 Å². The molecule has 1 saturated carbocycles. The van der Waals surface area contributed by atoms with Crippen molar-refractivity contribution < 1.29 is 4.79 Å². The maximum Gasteiger partial charge on any atom is 0.123 e. The van der Waals surface area contributed by atoms with E-state index in [-0.39, 0.29) is 5.92 Å². The van der Waals surface area contributed by atoms with Crippen LogP contribution < -0.4 is 0 Å². The zero-order chi connectivity index (χ0) is 9.68. The number of hydrogen-bond donors (Lipinski definition) is 0. The summed E-state index contributed by atoms with van der Waals surface area (Å²) in [7, 11) is 0. The molecule has 13 heavy (non-hydrogen) atoms. The fourth-order valence-corrected chi connectivity index (χ4v) is 2.25. The molecule has 1 heteroatoms. The molecule has 0 saturated heterocycles. The summed E-state index contributed by atoms with van der Waals surface area (Å²) in [5.41, 5.74) is 0. The van der Waals surface area contributed by atoms with Crippen LogP contribution in [0.5, 0.6) is 0 Å². The smallest absolute Gasteiger partial charge is 0.123 e. The van der Waals surface area contributed by atoms with Gasteiger partial charge in [-0.25, -0.2) is 0 Å². The zero-order valence-corrected chi connectivity index (χ0v) is 8.70. The molecule has 0 N–H and O–H groups in total. The van der Waals surface area contributed by atoms with Gasteiger partial charge in [0.2, 0.25) is 0 Å². The van der Waals surface area contributed by atoms with E-state index in [4.69, 9.17) is 0 Å². The lowest BCUT2D eigenvalue weighted by molar-refractivity contribution is -0.112. The van der Waals surface area contributed by atoms with Gasteiger partial charge in [0.25, 0.3) is 0 Å². The minimum absolute atomic E-state index is 0.270. The summed E-state index contributed by atoms with van der Waals surface area (Å²) >= 11 is 0. The number of rotatable bonds is 3. The Morgan fingerprint density at radius 3 is 2.31 bits per heavy atom. The largest absolute Gasteiger partial charge is 0.303 e. The highest BCUT2D eigenvalue weighted by atomic mass is 16.1. The molecule has 0 amide bonds. The summed E-state index contributed by atoms with van der Waals surface area (Å²) < 4.78 is 0. The van der Waals surface area contributed by atoms with Gasteiger partial charge in [0.15, 0.2) is 0 Å². The molecular weight excluding hydrogens is 160 g/mol. The second kappa shape index (κ2) is 5.21. The van der Waals surface area contributed by atoms with Crippen molar-refractivity contribution in [1.29, 1.82) is 0 Å². The number of hydrogen-bond acceptors (Lipinski definition) is 1. The van der Waals surface area contributed by atoms with Crippen LogP contribution in [0.25, 0.3) is 0 Å². The maximum absolute atomic E-state index is 10.6. The molecule has 74 valence electrons. The van der Waals surface area contributed by atoms with Crippen LogP contribution in [0.2, 0.25) is 0 Å². The lowest BCUT2D eigenvalue weighted by Gasteiger charge is -2.28. The summed E-state index contributed by atoms with van der Waals surface area (Å²) in [5.74, 6) is 1.70. The molecule has 1 nitrogen and oxygen atoms in total. The van der Waals surface area contributed by atoms with Crippen molar-refractivity contribution in [3.63, 3.8) is 0 Å². The molecule has 1 atom stereocenters. The van der Waals surface area contributed by atoms with Crippen LogP contribution in [0.1, 0.15) is 39.5 Å². The Labute approximate surface area is 81.2 Å². The molecule has 0 spiro atoms. The van der Waals surface area contributed by atoms with Crippen molar-refractivity contribution in [2.24, 2.45) is 17.8 Å². The Balaban J connectivity index is 2.34. The average molecular weight is 180 g/mol. The molecule has 0 aromatic heterocycles. The molecule has 1 aliphatic rings. The van der Waals surface area contributed by atoms with Crippen molar-refractivity contribution in [1.82, 2.24) is 0 Å². The van der Waals surface area contributed by atoms with Gasteiger partial charge in [-0.05, 0) is 44.4 Å². The van der Waals surface area contributed by atoms with E-state index in [1.165, 1.54) is 25.7 Å². The fourth-order valence-electron chi connectivity index (χ4n) is 2.25. The number of aldehydes is 1. The van der Waals surface area contributed by atoms with E-state index in [2.05, 4.69) is 19.1 Å². The zero-order valence-electron chi connectivity index (χ0n) is 8.70. The van der Waals surface area contributed by atoms with Crippen molar-refractivity contribution in [2.45, 2.75) is 39.5 Å². The van der Waals surface area contributed by atoms with E-state index in [0.717, 1.165) is 12.2 Å². The third kappa shape index (κ3) is 2.98. The SMILES string of the molecule is C/C=C/C1CCC(C(C)C=O)CC1. The first-order chi connectivity index (χ1) is 6.27. The van der Waals surface area contributed by atoms with Gasteiger partial charge in [-0.15, -0.1) is 0 Å². The molecule has 0 aliphatic heterocycles. The van der Waals surface area contributed by atoms with E-state index < -0.39 is 0 Å². The van der Waals surface area contributed by atoms with Crippen molar-refractivity contribution in [3.05, 3.63) is 12.2 Å². The van der Waals surface area contributed by atoms with Crippen molar-refractivity contribution in [3.8, 4) is 0 Å². The Kier molecular flexibility index (Phi) is 4.20. The van der Waals surface area contributed by atoms with Crippen LogP contribution >= 0.6 is 0 Å². The molecule has 1 rings (SSSR count). The third-order valence-electron chi connectivity index (χ3n) is 3.24. The third-order valence-corrected chi connectivity index (χ3v) is 3.24. The van der Waals surface area contributed by atoms with Gasteiger partial charge in [-0.3, -0.25) is 0 Å².